The van der Waals surface area contributed by atoms with Crippen molar-refractivity contribution in [3.05, 3.63) is 85.0 Å². The lowest BCUT2D eigenvalue weighted by atomic mass is 9.67. The van der Waals surface area contributed by atoms with E-state index < -0.39 is 10.8 Å². The van der Waals surface area contributed by atoms with E-state index in [0.29, 0.717) is 13.2 Å². The standard InChI is InChI=1S/C25H30O3/c1-7-17-27-21-13-9-19(10-14-21)24(3,4)23(26)25(5,6)20-11-15-22(16-12-20)28-18-8-2/h7-16H,1-2,17-18H2,3-6H3. The van der Waals surface area contributed by atoms with Crippen LogP contribution in [0.25, 0.3) is 0 Å². The zero-order chi connectivity index (χ0) is 20.8. The van der Waals surface area contributed by atoms with Crippen LogP contribution in [-0.2, 0) is 15.6 Å². The molecular formula is C25H30O3. The zero-order valence-electron chi connectivity index (χ0n) is 17.3. The molecule has 0 bridgehead atoms. The van der Waals surface area contributed by atoms with Crippen molar-refractivity contribution >= 4 is 5.78 Å². The van der Waals surface area contributed by atoms with Crippen molar-refractivity contribution in [3.8, 4) is 11.5 Å². The number of rotatable bonds is 10. The van der Waals surface area contributed by atoms with Crippen molar-refractivity contribution in [1.82, 2.24) is 0 Å². The Kier molecular flexibility index (Phi) is 6.85. The fourth-order valence-corrected chi connectivity index (χ4v) is 3.29. The SMILES string of the molecule is C=CCOc1ccc(C(C)(C)C(=O)C(C)(C)c2ccc(OCC=C)cc2)cc1. The third-order valence-electron chi connectivity index (χ3n) is 5.02. The summed E-state index contributed by atoms with van der Waals surface area (Å²) in [5.41, 5.74) is 0.640. The molecule has 0 amide bonds. The van der Waals surface area contributed by atoms with Gasteiger partial charge in [0.2, 0.25) is 0 Å². The van der Waals surface area contributed by atoms with Gasteiger partial charge in [0, 0.05) is 10.8 Å². The number of hydrogen-bond donors (Lipinski definition) is 0. The molecule has 2 aromatic carbocycles. The Morgan fingerprint density at radius 2 is 1.07 bits per heavy atom. The summed E-state index contributed by atoms with van der Waals surface area (Å²) in [5, 5.41) is 0. The molecule has 0 radical (unpaired) electrons. The van der Waals surface area contributed by atoms with Gasteiger partial charge in [-0.1, -0.05) is 49.6 Å². The van der Waals surface area contributed by atoms with E-state index in [2.05, 4.69) is 13.2 Å². The second-order valence-corrected chi connectivity index (χ2v) is 7.83. The summed E-state index contributed by atoms with van der Waals surface area (Å²) in [7, 11) is 0. The monoisotopic (exact) mass is 378 g/mol. The molecule has 2 rings (SSSR count). The van der Waals surface area contributed by atoms with Crippen LogP contribution in [0.5, 0.6) is 11.5 Å². The van der Waals surface area contributed by atoms with E-state index >= 15 is 0 Å². The summed E-state index contributed by atoms with van der Waals surface area (Å²) in [5.74, 6) is 1.68. The largest absolute Gasteiger partial charge is 0.490 e. The van der Waals surface area contributed by atoms with Gasteiger partial charge in [0.1, 0.15) is 24.7 Å². The van der Waals surface area contributed by atoms with Crippen LogP contribution in [-0.4, -0.2) is 19.0 Å². The molecule has 0 aliphatic rings. The topological polar surface area (TPSA) is 35.5 Å². The maximum absolute atomic E-state index is 13.5. The average molecular weight is 379 g/mol. The summed E-state index contributed by atoms with van der Waals surface area (Å²) in [6.07, 6.45) is 3.41. The number of ketones is 1. The molecule has 0 aliphatic heterocycles. The Hall–Kier alpha value is -2.81. The van der Waals surface area contributed by atoms with Crippen LogP contribution in [0.4, 0.5) is 0 Å². The molecule has 0 aromatic heterocycles. The van der Waals surface area contributed by atoms with Crippen LogP contribution in [0.1, 0.15) is 38.8 Å². The van der Waals surface area contributed by atoms with Crippen molar-refractivity contribution < 1.29 is 14.3 Å². The van der Waals surface area contributed by atoms with Crippen LogP contribution in [0.2, 0.25) is 0 Å². The van der Waals surface area contributed by atoms with Gasteiger partial charge in [-0.2, -0.15) is 0 Å². The van der Waals surface area contributed by atoms with Gasteiger partial charge in [0.15, 0.2) is 5.78 Å². The molecule has 0 N–H and O–H groups in total. The summed E-state index contributed by atoms with van der Waals surface area (Å²) in [4.78, 5) is 13.5. The summed E-state index contributed by atoms with van der Waals surface area (Å²) >= 11 is 0. The Balaban J connectivity index is 2.23. The molecule has 148 valence electrons. The first-order chi connectivity index (χ1) is 13.2. The minimum atomic E-state index is -0.640. The molecule has 0 saturated heterocycles. The third-order valence-corrected chi connectivity index (χ3v) is 5.02. The molecule has 0 heterocycles. The lowest BCUT2D eigenvalue weighted by Gasteiger charge is -2.34. The minimum absolute atomic E-state index is 0.152. The maximum Gasteiger partial charge on any atom is 0.152 e. The van der Waals surface area contributed by atoms with Gasteiger partial charge in [-0.15, -0.1) is 0 Å². The number of benzene rings is 2. The second-order valence-electron chi connectivity index (χ2n) is 7.83. The third kappa shape index (κ3) is 4.72. The van der Waals surface area contributed by atoms with Crippen LogP contribution < -0.4 is 9.47 Å². The van der Waals surface area contributed by atoms with E-state index in [1.54, 1.807) is 12.2 Å². The molecule has 0 saturated carbocycles. The van der Waals surface area contributed by atoms with E-state index in [9.17, 15) is 4.79 Å². The van der Waals surface area contributed by atoms with Gasteiger partial charge in [-0.25, -0.2) is 0 Å². The number of Topliss-reactive ketones (excluding diaryl/α,β-unsaturated/α-hetero) is 1. The van der Waals surface area contributed by atoms with Crippen LogP contribution in [0.15, 0.2) is 73.8 Å². The maximum atomic E-state index is 13.5. The quantitative estimate of drug-likeness (QED) is 0.502. The fraction of sp³-hybridized carbons (Fsp3) is 0.320. The van der Waals surface area contributed by atoms with E-state index in [4.69, 9.17) is 9.47 Å². The second kappa shape index (κ2) is 8.92. The van der Waals surface area contributed by atoms with Crippen molar-refractivity contribution in [2.24, 2.45) is 0 Å². The highest BCUT2D eigenvalue weighted by atomic mass is 16.5. The van der Waals surface area contributed by atoms with Gasteiger partial charge in [-0.3, -0.25) is 4.79 Å². The number of hydrogen-bond acceptors (Lipinski definition) is 3. The highest BCUT2D eigenvalue weighted by molar-refractivity contribution is 5.97. The van der Waals surface area contributed by atoms with Crippen molar-refractivity contribution in [1.29, 1.82) is 0 Å². The van der Waals surface area contributed by atoms with E-state index in [0.717, 1.165) is 22.6 Å². The summed E-state index contributed by atoms with van der Waals surface area (Å²) in [6, 6.07) is 15.4. The molecule has 0 fully saturated rings. The highest BCUT2D eigenvalue weighted by Gasteiger charge is 2.41. The van der Waals surface area contributed by atoms with Crippen LogP contribution in [0, 0.1) is 0 Å². The lowest BCUT2D eigenvalue weighted by molar-refractivity contribution is -0.128. The number of carbonyl (C=O) groups excluding carboxylic acids is 1. The van der Waals surface area contributed by atoms with Crippen molar-refractivity contribution in [2.45, 2.75) is 38.5 Å². The molecular weight excluding hydrogens is 348 g/mol. The Morgan fingerprint density at radius 3 is 1.36 bits per heavy atom. The van der Waals surface area contributed by atoms with Gasteiger partial charge in [0.25, 0.3) is 0 Å². The average Bonchev–Trinajstić information content (AvgIpc) is 2.70. The summed E-state index contributed by atoms with van der Waals surface area (Å²) in [6.45, 7) is 16.1. The first-order valence-corrected chi connectivity index (χ1v) is 9.47. The van der Waals surface area contributed by atoms with E-state index in [-0.39, 0.29) is 5.78 Å². The lowest BCUT2D eigenvalue weighted by Crippen LogP contribution is -2.42. The molecule has 0 aliphatic carbocycles. The van der Waals surface area contributed by atoms with E-state index in [1.807, 2.05) is 76.2 Å². The van der Waals surface area contributed by atoms with Gasteiger partial charge in [0.05, 0.1) is 0 Å². The molecule has 3 heteroatoms. The predicted octanol–water partition coefficient (Wildman–Crippen LogP) is 5.64. The van der Waals surface area contributed by atoms with Crippen LogP contribution in [0.3, 0.4) is 0 Å². The molecule has 0 unspecified atom stereocenters. The first-order valence-electron chi connectivity index (χ1n) is 9.47. The van der Waals surface area contributed by atoms with Gasteiger partial charge in [-0.05, 0) is 63.1 Å². The Morgan fingerprint density at radius 1 is 0.750 bits per heavy atom. The minimum Gasteiger partial charge on any atom is -0.490 e. The van der Waals surface area contributed by atoms with Gasteiger partial charge >= 0.3 is 0 Å². The van der Waals surface area contributed by atoms with Crippen molar-refractivity contribution in [3.63, 3.8) is 0 Å². The molecule has 28 heavy (non-hydrogen) atoms. The normalized spacial score (nSPS) is 11.6. The molecule has 0 atom stereocenters. The zero-order valence-corrected chi connectivity index (χ0v) is 17.3. The van der Waals surface area contributed by atoms with Crippen LogP contribution >= 0.6 is 0 Å². The molecule has 3 nitrogen and oxygen atoms in total. The Labute approximate surface area is 168 Å². The fourth-order valence-electron chi connectivity index (χ4n) is 3.29. The summed E-state index contributed by atoms with van der Waals surface area (Å²) < 4.78 is 11.1. The first kappa shape index (κ1) is 21.5. The van der Waals surface area contributed by atoms with E-state index in [1.165, 1.54) is 0 Å². The number of ether oxygens (including phenoxy) is 2. The number of carbonyl (C=O) groups is 1. The molecule has 0 spiro atoms. The predicted molar refractivity (Wildman–Crippen MR) is 115 cm³/mol. The van der Waals surface area contributed by atoms with Gasteiger partial charge < -0.3 is 9.47 Å². The highest BCUT2D eigenvalue weighted by Crippen LogP contribution is 2.36. The molecule has 2 aromatic rings. The Bertz CT molecular complexity index is 742. The van der Waals surface area contributed by atoms with Crippen molar-refractivity contribution in [2.75, 3.05) is 13.2 Å². The smallest absolute Gasteiger partial charge is 0.152 e.